The van der Waals surface area contributed by atoms with Crippen molar-refractivity contribution >= 4 is 17.4 Å². The number of amides is 1. The van der Waals surface area contributed by atoms with Gasteiger partial charge in [0.25, 0.3) is 0 Å². The van der Waals surface area contributed by atoms with Gasteiger partial charge in [0.1, 0.15) is 5.75 Å². The number of ketones is 1. The molecule has 1 amide bonds. The molecule has 2 aromatic carbocycles. The first kappa shape index (κ1) is 17.8. The molecule has 3 rings (SSSR count). The van der Waals surface area contributed by atoms with Crippen LogP contribution < -0.4 is 19.5 Å². The van der Waals surface area contributed by atoms with Crippen LogP contribution in [0.4, 0.5) is 5.69 Å². The van der Waals surface area contributed by atoms with Crippen LogP contribution in [-0.4, -0.2) is 25.1 Å². The van der Waals surface area contributed by atoms with E-state index in [2.05, 4.69) is 5.32 Å². The standard InChI is InChI=1S/C20H21NO5/c1-12-4-5-13(2)17(8-12)24-7-6-20(23)21-16-10-19-18(25-11-26-19)9-15(16)14(3)22/h4-5,8-10H,6-7,11H2,1-3H3,(H,21,23). The zero-order chi connectivity index (χ0) is 18.7. The Morgan fingerprint density at radius 2 is 1.85 bits per heavy atom. The summed E-state index contributed by atoms with van der Waals surface area (Å²) in [5, 5.41) is 2.76. The Kier molecular flexibility index (Phi) is 5.11. The molecule has 1 aliphatic rings. The van der Waals surface area contributed by atoms with Gasteiger partial charge in [-0.3, -0.25) is 9.59 Å². The van der Waals surface area contributed by atoms with Gasteiger partial charge in [0.15, 0.2) is 17.3 Å². The van der Waals surface area contributed by atoms with Crippen molar-refractivity contribution in [2.75, 3.05) is 18.7 Å². The maximum atomic E-state index is 12.3. The fourth-order valence-corrected chi connectivity index (χ4v) is 2.67. The van der Waals surface area contributed by atoms with Crippen molar-refractivity contribution in [3.8, 4) is 17.2 Å². The lowest BCUT2D eigenvalue weighted by Crippen LogP contribution is -2.17. The van der Waals surface area contributed by atoms with Crippen molar-refractivity contribution in [1.29, 1.82) is 0 Å². The summed E-state index contributed by atoms with van der Waals surface area (Å²) in [4.78, 5) is 24.1. The number of fused-ring (bicyclic) bond motifs is 1. The number of carbonyl (C=O) groups excluding carboxylic acids is 2. The molecule has 0 bridgehead atoms. The van der Waals surface area contributed by atoms with Crippen LogP contribution in [0.25, 0.3) is 0 Å². The number of anilines is 1. The number of ether oxygens (including phenoxy) is 3. The molecular formula is C20H21NO5. The van der Waals surface area contributed by atoms with Crippen LogP contribution in [0.15, 0.2) is 30.3 Å². The number of Topliss-reactive ketones (excluding diaryl/α,β-unsaturated/α-hetero) is 1. The lowest BCUT2D eigenvalue weighted by Gasteiger charge is -2.12. The topological polar surface area (TPSA) is 73.9 Å². The molecular weight excluding hydrogens is 334 g/mol. The van der Waals surface area contributed by atoms with Gasteiger partial charge in [-0.15, -0.1) is 0 Å². The third-order valence-corrected chi connectivity index (χ3v) is 4.10. The summed E-state index contributed by atoms with van der Waals surface area (Å²) in [6, 6.07) is 9.14. The zero-order valence-electron chi connectivity index (χ0n) is 15.0. The summed E-state index contributed by atoms with van der Waals surface area (Å²) < 4.78 is 16.3. The molecule has 26 heavy (non-hydrogen) atoms. The maximum Gasteiger partial charge on any atom is 0.231 e. The third-order valence-electron chi connectivity index (χ3n) is 4.10. The zero-order valence-corrected chi connectivity index (χ0v) is 15.0. The Morgan fingerprint density at radius 1 is 1.12 bits per heavy atom. The Labute approximate surface area is 152 Å². The summed E-state index contributed by atoms with van der Waals surface area (Å²) in [7, 11) is 0. The van der Waals surface area contributed by atoms with Crippen molar-refractivity contribution in [1.82, 2.24) is 0 Å². The van der Waals surface area contributed by atoms with Crippen LogP contribution in [-0.2, 0) is 4.79 Å². The molecule has 0 atom stereocenters. The van der Waals surface area contributed by atoms with Crippen LogP contribution in [0.5, 0.6) is 17.2 Å². The van der Waals surface area contributed by atoms with E-state index in [1.807, 2.05) is 32.0 Å². The molecule has 0 aliphatic carbocycles. The SMILES string of the molecule is CC(=O)c1cc2c(cc1NC(=O)CCOc1cc(C)ccc1C)OCO2. The highest BCUT2D eigenvalue weighted by atomic mass is 16.7. The smallest absolute Gasteiger partial charge is 0.231 e. The predicted octanol–water partition coefficient (Wildman–Crippen LogP) is 3.64. The highest BCUT2D eigenvalue weighted by Gasteiger charge is 2.20. The van der Waals surface area contributed by atoms with E-state index in [4.69, 9.17) is 14.2 Å². The Bertz CT molecular complexity index is 860. The van der Waals surface area contributed by atoms with E-state index in [1.54, 1.807) is 12.1 Å². The summed E-state index contributed by atoms with van der Waals surface area (Å²) >= 11 is 0. The molecule has 0 saturated carbocycles. The first-order valence-electron chi connectivity index (χ1n) is 8.38. The molecule has 1 N–H and O–H groups in total. The number of carbonyl (C=O) groups is 2. The monoisotopic (exact) mass is 355 g/mol. The van der Waals surface area contributed by atoms with E-state index in [9.17, 15) is 9.59 Å². The number of hydrogen-bond donors (Lipinski definition) is 1. The largest absolute Gasteiger partial charge is 0.493 e. The van der Waals surface area contributed by atoms with Gasteiger partial charge in [-0.05, 0) is 44.0 Å². The summed E-state index contributed by atoms with van der Waals surface area (Å²) in [5.74, 6) is 1.38. The quantitative estimate of drug-likeness (QED) is 0.801. The molecule has 6 heteroatoms. The molecule has 6 nitrogen and oxygen atoms in total. The number of nitrogens with one attached hydrogen (secondary N) is 1. The fourth-order valence-electron chi connectivity index (χ4n) is 2.67. The van der Waals surface area contributed by atoms with Crippen LogP contribution in [0, 0.1) is 13.8 Å². The lowest BCUT2D eigenvalue weighted by molar-refractivity contribution is -0.116. The average molecular weight is 355 g/mol. The Balaban J connectivity index is 1.63. The summed E-state index contributed by atoms with van der Waals surface area (Å²) in [6.07, 6.45) is 0.166. The van der Waals surface area contributed by atoms with Gasteiger partial charge in [0.2, 0.25) is 12.7 Å². The maximum absolute atomic E-state index is 12.3. The number of hydrogen-bond acceptors (Lipinski definition) is 5. The predicted molar refractivity (Wildman–Crippen MR) is 97.2 cm³/mol. The lowest BCUT2D eigenvalue weighted by atomic mass is 10.1. The van der Waals surface area contributed by atoms with Gasteiger partial charge in [0.05, 0.1) is 18.7 Å². The molecule has 136 valence electrons. The molecule has 0 aromatic heterocycles. The molecule has 1 heterocycles. The first-order valence-corrected chi connectivity index (χ1v) is 8.38. The first-order chi connectivity index (χ1) is 12.4. The summed E-state index contributed by atoms with van der Waals surface area (Å²) in [6.45, 7) is 5.74. The summed E-state index contributed by atoms with van der Waals surface area (Å²) in [5.41, 5.74) is 2.92. The van der Waals surface area contributed by atoms with Crippen molar-refractivity contribution in [2.24, 2.45) is 0 Å². The minimum atomic E-state index is -0.239. The minimum absolute atomic E-state index is 0.105. The second-order valence-electron chi connectivity index (χ2n) is 6.22. The highest BCUT2D eigenvalue weighted by molar-refractivity contribution is 6.04. The van der Waals surface area contributed by atoms with Gasteiger partial charge in [0, 0.05) is 11.6 Å². The van der Waals surface area contributed by atoms with Gasteiger partial charge < -0.3 is 19.5 Å². The van der Waals surface area contributed by atoms with Crippen molar-refractivity contribution in [3.05, 3.63) is 47.0 Å². The van der Waals surface area contributed by atoms with Crippen LogP contribution in [0.1, 0.15) is 34.8 Å². The van der Waals surface area contributed by atoms with Crippen LogP contribution in [0.3, 0.4) is 0 Å². The normalized spacial score (nSPS) is 12.0. The van der Waals surface area contributed by atoms with Gasteiger partial charge >= 0.3 is 0 Å². The second kappa shape index (κ2) is 7.47. The molecule has 0 saturated heterocycles. The molecule has 0 fully saturated rings. The van der Waals surface area contributed by atoms with E-state index < -0.39 is 0 Å². The average Bonchev–Trinajstić information content (AvgIpc) is 3.04. The minimum Gasteiger partial charge on any atom is -0.493 e. The van der Waals surface area contributed by atoms with E-state index in [0.29, 0.717) is 22.7 Å². The molecule has 0 unspecified atom stereocenters. The van der Waals surface area contributed by atoms with Gasteiger partial charge in [-0.25, -0.2) is 0 Å². The molecule has 1 aliphatic heterocycles. The van der Waals surface area contributed by atoms with E-state index >= 15 is 0 Å². The van der Waals surface area contributed by atoms with E-state index in [1.165, 1.54) is 6.92 Å². The number of aryl methyl sites for hydroxylation is 2. The van der Waals surface area contributed by atoms with E-state index in [-0.39, 0.29) is 31.5 Å². The van der Waals surface area contributed by atoms with Crippen LogP contribution in [0.2, 0.25) is 0 Å². The molecule has 0 spiro atoms. The van der Waals surface area contributed by atoms with Gasteiger partial charge in [-0.2, -0.15) is 0 Å². The second-order valence-corrected chi connectivity index (χ2v) is 6.22. The Hall–Kier alpha value is -3.02. The van der Waals surface area contributed by atoms with E-state index in [0.717, 1.165) is 16.9 Å². The number of rotatable bonds is 6. The van der Waals surface area contributed by atoms with Gasteiger partial charge in [-0.1, -0.05) is 12.1 Å². The highest BCUT2D eigenvalue weighted by Crippen LogP contribution is 2.37. The fraction of sp³-hybridized carbons (Fsp3) is 0.300. The number of benzene rings is 2. The molecule has 2 aromatic rings. The van der Waals surface area contributed by atoms with Crippen molar-refractivity contribution in [3.63, 3.8) is 0 Å². The molecule has 0 radical (unpaired) electrons. The van der Waals surface area contributed by atoms with Crippen LogP contribution >= 0.6 is 0 Å². The Morgan fingerprint density at radius 3 is 2.58 bits per heavy atom. The van der Waals surface area contributed by atoms with Crippen molar-refractivity contribution in [2.45, 2.75) is 27.2 Å². The van der Waals surface area contributed by atoms with Crippen molar-refractivity contribution < 1.29 is 23.8 Å². The third kappa shape index (κ3) is 3.96.